The third-order valence-corrected chi connectivity index (χ3v) is 2.34. The monoisotopic (exact) mass is 251 g/mol. The molecule has 0 aliphatic carbocycles. The Bertz CT molecular complexity index is 211. The normalized spacial score (nSPS) is 12.1. The van der Waals surface area contributed by atoms with Crippen LogP contribution in [0.1, 0.15) is 0 Å². The van der Waals surface area contributed by atoms with Crippen LogP contribution in [0.3, 0.4) is 0 Å². The number of aliphatic carboxylic acids is 1. The summed E-state index contributed by atoms with van der Waals surface area (Å²) in [6, 6.07) is 0. The van der Waals surface area contributed by atoms with Crippen LogP contribution in [-0.4, -0.2) is 76.6 Å². The minimum atomic E-state index is -1.32. The zero-order chi connectivity index (χ0) is 13.3. The summed E-state index contributed by atoms with van der Waals surface area (Å²) < 4.78 is 19.9. The third kappa shape index (κ3) is 4.21. The molecular formula is C10H21NO6. The van der Waals surface area contributed by atoms with Gasteiger partial charge in [-0.3, -0.25) is 4.79 Å². The maximum atomic E-state index is 11.5. The maximum absolute atomic E-state index is 11.5. The van der Waals surface area contributed by atoms with Crippen LogP contribution in [0.15, 0.2) is 0 Å². The zero-order valence-corrected chi connectivity index (χ0v) is 10.8. The van der Waals surface area contributed by atoms with E-state index in [1.807, 2.05) is 0 Å². The lowest BCUT2D eigenvalue weighted by atomic mass is 10.0. The van der Waals surface area contributed by atoms with Crippen molar-refractivity contribution in [2.45, 2.75) is 5.54 Å². The van der Waals surface area contributed by atoms with E-state index in [2.05, 4.69) is 0 Å². The summed E-state index contributed by atoms with van der Waals surface area (Å²) in [5.41, 5.74) is -1.32. The Morgan fingerprint density at radius 1 is 1.00 bits per heavy atom. The van der Waals surface area contributed by atoms with Crippen molar-refractivity contribution in [1.82, 2.24) is 4.90 Å². The van der Waals surface area contributed by atoms with Crippen LogP contribution in [0, 0.1) is 0 Å². The maximum Gasteiger partial charge on any atom is 0.329 e. The molecule has 102 valence electrons. The van der Waals surface area contributed by atoms with E-state index in [0.717, 1.165) is 0 Å². The first-order valence-corrected chi connectivity index (χ1v) is 5.03. The molecule has 0 radical (unpaired) electrons. The van der Waals surface area contributed by atoms with Gasteiger partial charge in [0, 0.05) is 28.4 Å². The van der Waals surface area contributed by atoms with Crippen molar-refractivity contribution in [3.05, 3.63) is 0 Å². The molecule has 0 rings (SSSR count). The minimum absolute atomic E-state index is 0.0249. The number of rotatable bonds is 10. The molecule has 1 N–H and O–H groups in total. The molecule has 0 unspecified atom stereocenters. The molecule has 0 spiro atoms. The number of carboxylic acids is 1. The van der Waals surface area contributed by atoms with E-state index in [-0.39, 0.29) is 26.7 Å². The fraction of sp³-hybridized carbons (Fsp3) is 0.900. The molecule has 0 aromatic rings. The van der Waals surface area contributed by atoms with E-state index < -0.39 is 11.5 Å². The predicted molar refractivity (Wildman–Crippen MR) is 59.7 cm³/mol. The predicted octanol–water partition coefficient (Wildman–Crippen LogP) is -0.388. The van der Waals surface area contributed by atoms with Crippen molar-refractivity contribution >= 4 is 5.97 Å². The average Bonchev–Trinajstić information content (AvgIpc) is 2.28. The van der Waals surface area contributed by atoms with Gasteiger partial charge >= 0.3 is 5.97 Å². The Morgan fingerprint density at radius 3 is 1.65 bits per heavy atom. The van der Waals surface area contributed by atoms with E-state index in [9.17, 15) is 9.90 Å². The number of carbonyl (C=O) groups is 1. The van der Waals surface area contributed by atoms with Crippen LogP contribution in [0.25, 0.3) is 0 Å². The van der Waals surface area contributed by atoms with Crippen molar-refractivity contribution in [2.24, 2.45) is 0 Å². The van der Waals surface area contributed by atoms with E-state index in [0.29, 0.717) is 0 Å². The fourth-order valence-electron chi connectivity index (χ4n) is 1.56. The fourth-order valence-corrected chi connectivity index (χ4v) is 1.56. The first kappa shape index (κ1) is 16.3. The number of hydrogen-bond donors (Lipinski definition) is 1. The van der Waals surface area contributed by atoms with Gasteiger partial charge in [0.05, 0.1) is 13.2 Å². The highest BCUT2D eigenvalue weighted by Crippen LogP contribution is 2.17. The molecule has 0 saturated heterocycles. The van der Waals surface area contributed by atoms with Gasteiger partial charge in [-0.1, -0.05) is 0 Å². The SMILES string of the molecule is COCN(COC)C(COC)(COC)C(=O)O. The average molecular weight is 251 g/mol. The summed E-state index contributed by atoms with van der Waals surface area (Å²) in [7, 11) is 5.83. The molecule has 0 amide bonds. The second-order valence-corrected chi connectivity index (χ2v) is 3.58. The summed E-state index contributed by atoms with van der Waals surface area (Å²) in [6.07, 6.45) is 0. The summed E-state index contributed by atoms with van der Waals surface area (Å²) in [6.45, 7) is 0.158. The quantitative estimate of drug-likeness (QED) is 0.530. The van der Waals surface area contributed by atoms with Crippen LogP contribution >= 0.6 is 0 Å². The molecule has 0 heterocycles. The first-order valence-electron chi connectivity index (χ1n) is 5.03. The van der Waals surface area contributed by atoms with Gasteiger partial charge in [0.15, 0.2) is 5.54 Å². The van der Waals surface area contributed by atoms with Crippen LogP contribution in [0.5, 0.6) is 0 Å². The summed E-state index contributed by atoms with van der Waals surface area (Å²) >= 11 is 0. The summed E-state index contributed by atoms with van der Waals surface area (Å²) in [4.78, 5) is 13.0. The van der Waals surface area contributed by atoms with Crippen LogP contribution in [-0.2, 0) is 23.7 Å². The minimum Gasteiger partial charge on any atom is -0.480 e. The molecule has 17 heavy (non-hydrogen) atoms. The molecule has 7 nitrogen and oxygen atoms in total. The number of ether oxygens (including phenoxy) is 4. The van der Waals surface area contributed by atoms with Gasteiger partial charge in [0.25, 0.3) is 0 Å². The lowest BCUT2D eigenvalue weighted by molar-refractivity contribution is -0.175. The Kier molecular flexibility index (Phi) is 8.01. The van der Waals surface area contributed by atoms with Crippen LogP contribution < -0.4 is 0 Å². The number of methoxy groups -OCH3 is 4. The molecule has 0 saturated carbocycles. The topological polar surface area (TPSA) is 77.5 Å². The molecule has 0 atom stereocenters. The molecule has 0 aliphatic heterocycles. The van der Waals surface area contributed by atoms with E-state index in [1.54, 1.807) is 0 Å². The Morgan fingerprint density at radius 2 is 1.41 bits per heavy atom. The van der Waals surface area contributed by atoms with Gasteiger partial charge in [-0.15, -0.1) is 0 Å². The molecule has 0 fully saturated rings. The van der Waals surface area contributed by atoms with Crippen LogP contribution in [0.4, 0.5) is 0 Å². The van der Waals surface area contributed by atoms with Gasteiger partial charge < -0.3 is 24.1 Å². The van der Waals surface area contributed by atoms with Crippen molar-refractivity contribution in [3.8, 4) is 0 Å². The summed E-state index contributed by atoms with van der Waals surface area (Å²) in [5.74, 6) is -1.05. The molecule has 7 heteroatoms. The molecule has 0 aromatic carbocycles. The third-order valence-electron chi connectivity index (χ3n) is 2.34. The van der Waals surface area contributed by atoms with Crippen molar-refractivity contribution in [2.75, 3.05) is 55.1 Å². The zero-order valence-electron chi connectivity index (χ0n) is 10.8. The lowest BCUT2D eigenvalue weighted by Crippen LogP contribution is -2.61. The van der Waals surface area contributed by atoms with Gasteiger partial charge in [0.2, 0.25) is 0 Å². The standard InChI is InChI=1S/C10H21NO6/c1-14-5-10(6-15-2,9(12)13)11(7-16-3)8-17-4/h5-8H2,1-4H3,(H,12,13). The first-order chi connectivity index (χ1) is 8.08. The smallest absolute Gasteiger partial charge is 0.329 e. The van der Waals surface area contributed by atoms with Crippen LogP contribution in [0.2, 0.25) is 0 Å². The van der Waals surface area contributed by atoms with Gasteiger partial charge in [-0.25, -0.2) is 4.90 Å². The van der Waals surface area contributed by atoms with E-state index in [1.165, 1.54) is 33.3 Å². The van der Waals surface area contributed by atoms with Gasteiger partial charge in [-0.2, -0.15) is 0 Å². The highest BCUT2D eigenvalue weighted by atomic mass is 16.5. The molecular weight excluding hydrogens is 230 g/mol. The summed E-state index contributed by atoms with van der Waals surface area (Å²) in [5, 5.41) is 9.40. The van der Waals surface area contributed by atoms with Gasteiger partial charge in [0.1, 0.15) is 13.5 Å². The Hall–Kier alpha value is -0.730. The van der Waals surface area contributed by atoms with E-state index in [4.69, 9.17) is 18.9 Å². The Balaban J connectivity index is 5.09. The van der Waals surface area contributed by atoms with Crippen molar-refractivity contribution < 1.29 is 28.8 Å². The number of carboxylic acid groups (broad SMARTS) is 1. The lowest BCUT2D eigenvalue weighted by Gasteiger charge is -2.38. The van der Waals surface area contributed by atoms with Crippen molar-refractivity contribution in [3.63, 3.8) is 0 Å². The Labute approximate surface area is 101 Å². The molecule has 0 aromatic heterocycles. The molecule has 0 aliphatic rings. The van der Waals surface area contributed by atoms with Crippen molar-refractivity contribution in [1.29, 1.82) is 0 Å². The number of nitrogens with zero attached hydrogens (tertiary/aromatic N) is 1. The number of hydrogen-bond acceptors (Lipinski definition) is 6. The molecule has 0 bridgehead atoms. The highest BCUT2D eigenvalue weighted by molar-refractivity contribution is 5.79. The highest BCUT2D eigenvalue weighted by Gasteiger charge is 2.45. The second kappa shape index (κ2) is 8.37. The largest absolute Gasteiger partial charge is 0.480 e. The van der Waals surface area contributed by atoms with Gasteiger partial charge in [-0.05, 0) is 0 Å². The second-order valence-electron chi connectivity index (χ2n) is 3.58. The van der Waals surface area contributed by atoms with E-state index >= 15 is 0 Å².